The third-order valence-corrected chi connectivity index (χ3v) is 2.33. The van der Waals surface area contributed by atoms with Gasteiger partial charge < -0.3 is 5.11 Å². The van der Waals surface area contributed by atoms with E-state index in [0.29, 0.717) is 5.75 Å². The lowest BCUT2D eigenvalue weighted by Crippen LogP contribution is -1.83. The summed E-state index contributed by atoms with van der Waals surface area (Å²) < 4.78 is 0. The van der Waals surface area contributed by atoms with Crippen LogP contribution >= 0.6 is 15.9 Å². The van der Waals surface area contributed by atoms with Crippen molar-refractivity contribution < 1.29 is 5.11 Å². The fourth-order valence-corrected chi connectivity index (χ4v) is 1.34. The standard InChI is InChI=1S/C9H11BrO/c1-2-8-4-3-7(6-10)5-9(8)11/h3-5,11H,2,6H2,1H3. The summed E-state index contributed by atoms with van der Waals surface area (Å²) in [6.07, 6.45) is 0.883. The van der Waals surface area contributed by atoms with Crippen LogP contribution < -0.4 is 0 Å². The average molecular weight is 215 g/mol. The number of phenols is 1. The van der Waals surface area contributed by atoms with Crippen molar-refractivity contribution in [3.63, 3.8) is 0 Å². The first kappa shape index (κ1) is 8.60. The fraction of sp³-hybridized carbons (Fsp3) is 0.333. The lowest BCUT2D eigenvalue weighted by atomic mass is 10.1. The first-order chi connectivity index (χ1) is 5.27. The summed E-state index contributed by atoms with van der Waals surface area (Å²) in [7, 11) is 0. The Bertz CT molecular complexity index is 245. The molecule has 0 spiro atoms. The van der Waals surface area contributed by atoms with Gasteiger partial charge in [-0.1, -0.05) is 35.0 Å². The molecular weight excluding hydrogens is 204 g/mol. The van der Waals surface area contributed by atoms with Gasteiger partial charge in [-0.25, -0.2) is 0 Å². The lowest BCUT2D eigenvalue weighted by Gasteiger charge is -2.02. The topological polar surface area (TPSA) is 20.2 Å². The molecule has 0 unspecified atom stereocenters. The first-order valence-electron chi connectivity index (χ1n) is 3.64. The summed E-state index contributed by atoms with van der Waals surface area (Å²) in [5.74, 6) is 0.407. The Morgan fingerprint density at radius 2 is 2.18 bits per heavy atom. The average Bonchev–Trinajstić information content (AvgIpc) is 2.04. The predicted molar refractivity (Wildman–Crippen MR) is 50.1 cm³/mol. The molecule has 0 fully saturated rings. The molecule has 0 amide bonds. The summed E-state index contributed by atoms with van der Waals surface area (Å²) in [5.41, 5.74) is 2.12. The minimum absolute atomic E-state index is 0.407. The van der Waals surface area contributed by atoms with E-state index >= 15 is 0 Å². The third-order valence-electron chi connectivity index (χ3n) is 1.68. The van der Waals surface area contributed by atoms with Gasteiger partial charge in [-0.3, -0.25) is 0 Å². The Hall–Kier alpha value is -0.500. The van der Waals surface area contributed by atoms with Crippen LogP contribution in [-0.4, -0.2) is 5.11 Å². The van der Waals surface area contributed by atoms with Gasteiger partial charge in [0, 0.05) is 5.33 Å². The van der Waals surface area contributed by atoms with Gasteiger partial charge in [-0.2, -0.15) is 0 Å². The van der Waals surface area contributed by atoms with Gasteiger partial charge in [0.25, 0.3) is 0 Å². The molecule has 0 bridgehead atoms. The molecule has 0 radical (unpaired) electrons. The number of aryl methyl sites for hydroxylation is 1. The van der Waals surface area contributed by atoms with Crippen LogP contribution in [0.25, 0.3) is 0 Å². The Kier molecular flexibility index (Phi) is 2.94. The molecule has 1 aromatic carbocycles. The number of aromatic hydroxyl groups is 1. The van der Waals surface area contributed by atoms with Gasteiger partial charge in [-0.15, -0.1) is 0 Å². The second kappa shape index (κ2) is 3.77. The second-order valence-electron chi connectivity index (χ2n) is 2.45. The molecule has 2 heteroatoms. The number of benzene rings is 1. The molecule has 1 N–H and O–H groups in total. The van der Waals surface area contributed by atoms with Crippen LogP contribution in [0.4, 0.5) is 0 Å². The Morgan fingerprint density at radius 1 is 1.45 bits per heavy atom. The first-order valence-corrected chi connectivity index (χ1v) is 4.76. The Labute approximate surface area is 75.2 Å². The van der Waals surface area contributed by atoms with Crippen molar-refractivity contribution in [2.75, 3.05) is 0 Å². The fourth-order valence-electron chi connectivity index (χ4n) is 0.992. The number of alkyl halides is 1. The van der Waals surface area contributed by atoms with E-state index in [1.165, 1.54) is 0 Å². The third kappa shape index (κ3) is 1.96. The summed E-state index contributed by atoms with van der Waals surface area (Å²) in [5, 5.41) is 10.2. The number of hydrogen-bond acceptors (Lipinski definition) is 1. The van der Waals surface area contributed by atoms with Crippen molar-refractivity contribution >= 4 is 15.9 Å². The van der Waals surface area contributed by atoms with Crippen LogP contribution in [0.2, 0.25) is 0 Å². The van der Waals surface area contributed by atoms with E-state index in [2.05, 4.69) is 15.9 Å². The predicted octanol–water partition coefficient (Wildman–Crippen LogP) is 2.85. The number of halogens is 1. The van der Waals surface area contributed by atoms with Crippen molar-refractivity contribution in [3.05, 3.63) is 29.3 Å². The molecule has 0 aliphatic carbocycles. The van der Waals surface area contributed by atoms with E-state index in [1.807, 2.05) is 19.1 Å². The van der Waals surface area contributed by atoms with Gasteiger partial charge in [0.15, 0.2) is 0 Å². The monoisotopic (exact) mass is 214 g/mol. The maximum absolute atomic E-state index is 9.40. The smallest absolute Gasteiger partial charge is 0.119 e. The molecule has 0 aliphatic heterocycles. The zero-order valence-electron chi connectivity index (χ0n) is 6.47. The molecule has 0 atom stereocenters. The zero-order valence-corrected chi connectivity index (χ0v) is 8.06. The molecular formula is C9H11BrO. The summed E-state index contributed by atoms with van der Waals surface area (Å²) >= 11 is 3.33. The number of hydrogen-bond donors (Lipinski definition) is 1. The highest BCUT2D eigenvalue weighted by atomic mass is 79.9. The minimum atomic E-state index is 0.407. The second-order valence-corrected chi connectivity index (χ2v) is 3.01. The van der Waals surface area contributed by atoms with Crippen molar-refractivity contribution in [2.24, 2.45) is 0 Å². The van der Waals surface area contributed by atoms with Crippen molar-refractivity contribution in [1.82, 2.24) is 0 Å². The van der Waals surface area contributed by atoms with E-state index in [0.717, 1.165) is 22.9 Å². The van der Waals surface area contributed by atoms with Gasteiger partial charge in [0.2, 0.25) is 0 Å². The van der Waals surface area contributed by atoms with Gasteiger partial charge in [-0.05, 0) is 23.6 Å². The lowest BCUT2D eigenvalue weighted by molar-refractivity contribution is 0.468. The van der Waals surface area contributed by atoms with Crippen LogP contribution in [0.3, 0.4) is 0 Å². The van der Waals surface area contributed by atoms with Crippen LogP contribution in [0, 0.1) is 0 Å². The number of phenolic OH excluding ortho intramolecular Hbond substituents is 1. The largest absolute Gasteiger partial charge is 0.508 e. The van der Waals surface area contributed by atoms with E-state index in [1.54, 1.807) is 6.07 Å². The molecule has 11 heavy (non-hydrogen) atoms. The molecule has 1 aromatic rings. The number of rotatable bonds is 2. The molecule has 0 heterocycles. The minimum Gasteiger partial charge on any atom is -0.508 e. The van der Waals surface area contributed by atoms with Crippen LogP contribution in [-0.2, 0) is 11.8 Å². The molecule has 1 nitrogen and oxygen atoms in total. The van der Waals surface area contributed by atoms with Gasteiger partial charge in [0.05, 0.1) is 0 Å². The molecule has 0 saturated heterocycles. The van der Waals surface area contributed by atoms with Crippen LogP contribution in [0.5, 0.6) is 5.75 Å². The molecule has 1 rings (SSSR count). The van der Waals surface area contributed by atoms with Crippen molar-refractivity contribution in [3.8, 4) is 5.75 Å². The van der Waals surface area contributed by atoms with Crippen LogP contribution in [0.1, 0.15) is 18.1 Å². The maximum atomic E-state index is 9.40. The van der Waals surface area contributed by atoms with Crippen LogP contribution in [0.15, 0.2) is 18.2 Å². The quantitative estimate of drug-likeness (QED) is 0.752. The maximum Gasteiger partial charge on any atom is 0.119 e. The summed E-state index contributed by atoms with van der Waals surface area (Å²) in [6.45, 7) is 2.03. The Balaban J connectivity index is 2.99. The molecule has 0 aromatic heterocycles. The van der Waals surface area contributed by atoms with Gasteiger partial charge in [0.1, 0.15) is 5.75 Å². The zero-order chi connectivity index (χ0) is 8.27. The normalized spacial score (nSPS) is 10.0. The highest BCUT2D eigenvalue weighted by Crippen LogP contribution is 2.20. The van der Waals surface area contributed by atoms with E-state index < -0.39 is 0 Å². The molecule has 0 aliphatic rings. The van der Waals surface area contributed by atoms with Crippen molar-refractivity contribution in [1.29, 1.82) is 0 Å². The summed E-state index contributed by atoms with van der Waals surface area (Å²) in [6, 6.07) is 5.78. The SMILES string of the molecule is CCc1ccc(CBr)cc1O. The highest BCUT2D eigenvalue weighted by molar-refractivity contribution is 9.08. The van der Waals surface area contributed by atoms with E-state index in [-0.39, 0.29) is 0 Å². The van der Waals surface area contributed by atoms with E-state index in [9.17, 15) is 5.11 Å². The van der Waals surface area contributed by atoms with E-state index in [4.69, 9.17) is 0 Å². The van der Waals surface area contributed by atoms with Gasteiger partial charge >= 0.3 is 0 Å². The summed E-state index contributed by atoms with van der Waals surface area (Å²) in [4.78, 5) is 0. The highest BCUT2D eigenvalue weighted by Gasteiger charge is 1.98. The Morgan fingerprint density at radius 3 is 2.64 bits per heavy atom. The molecule has 0 saturated carbocycles. The molecule has 60 valence electrons. The van der Waals surface area contributed by atoms with Crippen molar-refractivity contribution in [2.45, 2.75) is 18.7 Å².